The van der Waals surface area contributed by atoms with Gasteiger partial charge in [-0.3, -0.25) is 9.59 Å². The molecular weight excluding hydrogens is 432 g/mol. The number of rotatable bonds is 14. The minimum absolute atomic E-state index is 0.0733. The van der Waals surface area contributed by atoms with E-state index in [2.05, 4.69) is 20.8 Å². The highest BCUT2D eigenvalue weighted by atomic mass is 28.4. The van der Waals surface area contributed by atoms with Crippen LogP contribution in [0.4, 0.5) is 0 Å². The van der Waals surface area contributed by atoms with Gasteiger partial charge in [0, 0.05) is 12.8 Å². The smallest absolute Gasteiger partial charge is 0.303 e. The molecule has 33 heavy (non-hydrogen) atoms. The van der Waals surface area contributed by atoms with E-state index in [0.29, 0.717) is 6.42 Å². The fourth-order valence-corrected chi connectivity index (χ4v) is 7.23. The minimum Gasteiger partial charge on any atom is -0.481 e. The first-order valence-electron chi connectivity index (χ1n) is 12.0. The van der Waals surface area contributed by atoms with Gasteiger partial charge >= 0.3 is 5.97 Å². The fraction of sp³-hybridized carbons (Fsp3) is 0.481. The molecule has 0 aliphatic rings. The Hall–Kier alpha value is -2.28. The van der Waals surface area contributed by atoms with Crippen molar-refractivity contribution in [3.63, 3.8) is 0 Å². The van der Waals surface area contributed by atoms with Gasteiger partial charge < -0.3 is 14.6 Å². The number of carboxylic acid groups (broad SMARTS) is 1. The predicted octanol–water partition coefficient (Wildman–Crippen LogP) is 5.72. The average Bonchev–Trinajstić information content (AvgIpc) is 2.80. The van der Waals surface area contributed by atoms with Gasteiger partial charge in [-0.05, 0) is 54.1 Å². The first-order valence-corrected chi connectivity index (χ1v) is 14.5. The number of hydrogen-bond acceptors (Lipinski definition) is 4. The largest absolute Gasteiger partial charge is 0.481 e. The van der Waals surface area contributed by atoms with Crippen LogP contribution in [0.25, 0.3) is 11.1 Å². The van der Waals surface area contributed by atoms with E-state index in [1.54, 1.807) is 6.92 Å². The van der Waals surface area contributed by atoms with Crippen molar-refractivity contribution in [3.8, 4) is 11.1 Å². The molecule has 0 fully saturated rings. The highest BCUT2D eigenvalue weighted by Gasteiger charge is 2.37. The van der Waals surface area contributed by atoms with Crippen LogP contribution in [0.5, 0.6) is 0 Å². The Morgan fingerprint density at radius 3 is 1.91 bits per heavy atom. The summed E-state index contributed by atoms with van der Waals surface area (Å²) in [7, 11) is -2.10. The monoisotopic (exact) mass is 470 g/mol. The van der Waals surface area contributed by atoms with E-state index in [1.165, 1.54) is 0 Å². The Morgan fingerprint density at radius 1 is 0.879 bits per heavy atom. The van der Waals surface area contributed by atoms with Gasteiger partial charge in [0.05, 0.1) is 6.10 Å². The maximum atomic E-state index is 13.2. The molecule has 0 amide bonds. The van der Waals surface area contributed by atoms with Gasteiger partial charge in [0.15, 0.2) is 14.1 Å². The van der Waals surface area contributed by atoms with Crippen molar-refractivity contribution in [2.24, 2.45) is 5.92 Å². The summed E-state index contributed by atoms with van der Waals surface area (Å²) >= 11 is 0. The number of aliphatic hydroxyl groups is 1. The zero-order valence-corrected chi connectivity index (χ0v) is 21.3. The molecule has 2 aromatic carbocycles. The van der Waals surface area contributed by atoms with Crippen LogP contribution in [0, 0.1) is 5.92 Å². The number of aliphatic hydroxyl groups excluding tert-OH is 1. The summed E-state index contributed by atoms with van der Waals surface area (Å²) in [5.41, 5.74) is 3.20. The third-order valence-electron chi connectivity index (χ3n) is 6.60. The number of Topliss-reactive ketones (excluding diaryl/α,β-unsaturated/α-hetero) is 1. The molecule has 5 nitrogen and oxygen atoms in total. The number of benzene rings is 2. The number of ketones is 1. The summed E-state index contributed by atoms with van der Waals surface area (Å²) in [4.78, 5) is 24.7. The summed E-state index contributed by atoms with van der Waals surface area (Å²) in [6.45, 7) is 7.82. The van der Waals surface area contributed by atoms with Crippen LogP contribution in [-0.4, -0.2) is 42.5 Å². The molecule has 0 bridgehead atoms. The van der Waals surface area contributed by atoms with Crippen molar-refractivity contribution in [2.75, 3.05) is 0 Å². The van der Waals surface area contributed by atoms with Gasteiger partial charge in [0.1, 0.15) is 6.10 Å². The molecular formula is C27H38O5Si. The van der Waals surface area contributed by atoms with Crippen LogP contribution in [0.2, 0.25) is 18.1 Å². The summed E-state index contributed by atoms with van der Waals surface area (Å²) in [6, 6.07) is 20.7. The van der Waals surface area contributed by atoms with Crippen molar-refractivity contribution in [1.82, 2.24) is 0 Å². The lowest BCUT2D eigenvalue weighted by Crippen LogP contribution is -2.47. The zero-order valence-electron chi connectivity index (χ0n) is 20.3. The van der Waals surface area contributed by atoms with Crippen LogP contribution in [0.3, 0.4) is 0 Å². The molecule has 2 aromatic rings. The van der Waals surface area contributed by atoms with Crippen LogP contribution in [-0.2, 0) is 20.4 Å². The summed E-state index contributed by atoms with van der Waals surface area (Å²) < 4.78 is 6.32. The summed E-state index contributed by atoms with van der Waals surface area (Å²) in [6.07, 6.45) is -1.36. The molecule has 0 aromatic heterocycles. The zero-order chi connectivity index (χ0) is 24.4. The lowest BCUT2D eigenvalue weighted by Gasteiger charge is -2.34. The second kappa shape index (κ2) is 12.8. The third-order valence-corrected chi connectivity index (χ3v) is 11.2. The molecule has 3 atom stereocenters. The van der Waals surface area contributed by atoms with Gasteiger partial charge in [0.25, 0.3) is 0 Å². The Labute approximate surface area is 198 Å². The van der Waals surface area contributed by atoms with E-state index in [1.807, 2.05) is 54.6 Å². The van der Waals surface area contributed by atoms with Gasteiger partial charge in [0.2, 0.25) is 0 Å². The summed E-state index contributed by atoms with van der Waals surface area (Å²) in [5.74, 6) is -1.49. The molecule has 2 N–H and O–H groups in total. The highest BCUT2D eigenvalue weighted by molar-refractivity contribution is 6.73. The van der Waals surface area contributed by atoms with Gasteiger partial charge in [-0.1, -0.05) is 75.4 Å². The topological polar surface area (TPSA) is 83.8 Å². The number of carboxylic acids is 1. The first-order chi connectivity index (χ1) is 15.7. The Bertz CT molecular complexity index is 867. The van der Waals surface area contributed by atoms with Gasteiger partial charge in [-0.15, -0.1) is 0 Å². The molecule has 3 unspecified atom stereocenters. The van der Waals surface area contributed by atoms with E-state index in [9.17, 15) is 19.8 Å². The summed E-state index contributed by atoms with van der Waals surface area (Å²) in [5, 5.41) is 19.7. The van der Waals surface area contributed by atoms with Crippen molar-refractivity contribution in [2.45, 2.75) is 77.3 Å². The van der Waals surface area contributed by atoms with Crippen LogP contribution in [0.1, 0.15) is 46.1 Å². The molecule has 0 radical (unpaired) electrons. The number of hydrogen-bond donors (Lipinski definition) is 2. The maximum Gasteiger partial charge on any atom is 0.303 e. The molecule has 0 saturated heterocycles. The standard InChI is InChI=1S/C27H38O5Si/c1-5-33(6-2,7-3)32-27(20(4)28)25(29)18-22(19-26(30)31)17-21-13-15-24(16-14-21)23-11-9-8-10-12-23/h8-16,20,22,27-28H,5-7,17-19H2,1-4H3,(H,30,31). The maximum absolute atomic E-state index is 13.2. The molecule has 0 aliphatic heterocycles. The number of carbonyl (C=O) groups excluding carboxylic acids is 1. The molecule has 180 valence electrons. The Kier molecular flexibility index (Phi) is 10.5. The average molecular weight is 471 g/mol. The van der Waals surface area contributed by atoms with Crippen LogP contribution >= 0.6 is 0 Å². The van der Waals surface area contributed by atoms with E-state index in [0.717, 1.165) is 34.8 Å². The molecule has 6 heteroatoms. The van der Waals surface area contributed by atoms with E-state index in [4.69, 9.17) is 4.43 Å². The van der Waals surface area contributed by atoms with Crippen molar-refractivity contribution in [1.29, 1.82) is 0 Å². The van der Waals surface area contributed by atoms with Crippen LogP contribution in [0.15, 0.2) is 54.6 Å². The van der Waals surface area contributed by atoms with E-state index < -0.39 is 26.5 Å². The number of aliphatic carboxylic acids is 1. The van der Waals surface area contributed by atoms with E-state index in [-0.39, 0.29) is 24.5 Å². The fourth-order valence-electron chi connectivity index (χ4n) is 4.36. The first kappa shape index (κ1) is 27.0. The van der Waals surface area contributed by atoms with Crippen molar-refractivity contribution in [3.05, 3.63) is 60.2 Å². The Balaban J connectivity index is 2.15. The minimum atomic E-state index is -2.10. The Morgan fingerprint density at radius 2 is 1.42 bits per heavy atom. The molecule has 2 rings (SSSR count). The molecule has 0 aliphatic carbocycles. The SMILES string of the molecule is CC[Si](CC)(CC)OC(C(=O)CC(CC(=O)O)Cc1ccc(-c2ccccc2)cc1)C(C)O. The second-order valence-electron chi connectivity index (χ2n) is 8.92. The highest BCUT2D eigenvalue weighted by Crippen LogP contribution is 2.27. The molecule has 0 heterocycles. The van der Waals surface area contributed by atoms with Crippen LogP contribution < -0.4 is 0 Å². The normalized spacial score (nSPS) is 14.5. The van der Waals surface area contributed by atoms with Gasteiger partial charge in [-0.25, -0.2) is 0 Å². The number of carbonyl (C=O) groups is 2. The third kappa shape index (κ3) is 7.91. The molecule has 0 saturated carbocycles. The quantitative estimate of drug-likeness (QED) is 0.345. The second-order valence-corrected chi connectivity index (χ2v) is 13.6. The predicted molar refractivity (Wildman–Crippen MR) is 135 cm³/mol. The molecule has 0 spiro atoms. The van der Waals surface area contributed by atoms with E-state index >= 15 is 0 Å². The lowest BCUT2D eigenvalue weighted by molar-refractivity contribution is -0.138. The van der Waals surface area contributed by atoms with Crippen molar-refractivity contribution < 1.29 is 24.2 Å². The lowest BCUT2D eigenvalue weighted by atomic mass is 9.89. The van der Waals surface area contributed by atoms with Gasteiger partial charge in [-0.2, -0.15) is 0 Å². The van der Waals surface area contributed by atoms with Crippen molar-refractivity contribution >= 4 is 20.1 Å².